The lowest BCUT2D eigenvalue weighted by atomic mass is 9.97. The fourth-order valence-corrected chi connectivity index (χ4v) is 4.02. The van der Waals surface area contributed by atoms with Crippen LogP contribution in [0.1, 0.15) is 71.0 Å². The number of benzene rings is 1. The summed E-state index contributed by atoms with van der Waals surface area (Å²) in [5.41, 5.74) is 2.37. The van der Waals surface area contributed by atoms with Crippen LogP contribution < -0.4 is 10.6 Å². The van der Waals surface area contributed by atoms with E-state index in [0.717, 1.165) is 36.0 Å². The third-order valence-electron chi connectivity index (χ3n) is 6.00. The van der Waals surface area contributed by atoms with E-state index in [1.807, 2.05) is 32.3 Å². The van der Waals surface area contributed by atoms with Crippen LogP contribution in [0.2, 0.25) is 0 Å². The summed E-state index contributed by atoms with van der Waals surface area (Å²) in [6.45, 7) is 12.3. The molecule has 3 rings (SSSR count). The Morgan fingerprint density at radius 3 is 2.44 bits per heavy atom. The average Bonchev–Trinajstić information content (AvgIpc) is 3.16. The van der Waals surface area contributed by atoms with Crippen LogP contribution in [0.4, 0.5) is 11.8 Å². The lowest BCUT2D eigenvalue weighted by molar-refractivity contribution is 0.0577. The van der Waals surface area contributed by atoms with Gasteiger partial charge in [0, 0.05) is 18.2 Å². The molecule has 1 aromatic carbocycles. The maximum absolute atomic E-state index is 10.5. The Kier molecular flexibility index (Phi) is 7.23. The molecule has 8 heteroatoms. The van der Waals surface area contributed by atoms with Gasteiger partial charge in [-0.15, -0.1) is 0 Å². The summed E-state index contributed by atoms with van der Waals surface area (Å²) in [4.78, 5) is 14.1. The minimum atomic E-state index is -0.927. The highest BCUT2D eigenvalue weighted by atomic mass is 16.3. The zero-order chi connectivity index (χ0) is 23.5. The van der Waals surface area contributed by atoms with Crippen LogP contribution in [0.25, 0.3) is 11.2 Å². The number of hydrogen-bond acceptors (Lipinski definition) is 7. The second-order valence-corrected chi connectivity index (χ2v) is 8.93. The van der Waals surface area contributed by atoms with Crippen LogP contribution >= 0.6 is 0 Å². The molecular formula is C24H36N6O2. The van der Waals surface area contributed by atoms with Crippen molar-refractivity contribution in [3.63, 3.8) is 0 Å². The summed E-state index contributed by atoms with van der Waals surface area (Å²) in [6.07, 6.45) is 4.48. The molecule has 0 radical (unpaired) electrons. The van der Waals surface area contributed by atoms with Crippen molar-refractivity contribution < 1.29 is 10.2 Å². The van der Waals surface area contributed by atoms with Gasteiger partial charge in [-0.05, 0) is 46.1 Å². The largest absolute Gasteiger partial charge is 0.508 e. The molecule has 0 aliphatic rings. The second kappa shape index (κ2) is 9.73. The molecule has 174 valence electrons. The topological polar surface area (TPSA) is 108 Å². The van der Waals surface area contributed by atoms with Crippen molar-refractivity contribution in [2.75, 3.05) is 10.6 Å². The van der Waals surface area contributed by atoms with E-state index in [9.17, 15) is 10.2 Å². The van der Waals surface area contributed by atoms with Gasteiger partial charge in [0.05, 0.1) is 18.0 Å². The first kappa shape index (κ1) is 23.8. The van der Waals surface area contributed by atoms with Crippen LogP contribution in [0.15, 0.2) is 24.5 Å². The maximum atomic E-state index is 10.5. The molecule has 0 fully saturated rings. The molecule has 1 atom stereocenters. The number of aliphatic hydroxyl groups is 1. The van der Waals surface area contributed by atoms with E-state index in [2.05, 4.69) is 34.0 Å². The monoisotopic (exact) mass is 440 g/mol. The highest BCUT2D eigenvalue weighted by molar-refractivity contribution is 5.84. The molecule has 1 unspecified atom stereocenters. The maximum Gasteiger partial charge on any atom is 0.227 e. The standard InChI is InChI=1S/C24H36N6O2/c1-7-17(8-2)30-14-26-20-21(25-13-16-12-15(4)10-11-18(16)31)28-23(29-22(20)30)27-19(9-3)24(5,6)32/h10-12,14,17,19,31-32H,7-9,13H2,1-6H3,(H2,25,27,28,29). The first-order valence-corrected chi connectivity index (χ1v) is 11.4. The molecule has 32 heavy (non-hydrogen) atoms. The van der Waals surface area contributed by atoms with Crippen molar-refractivity contribution in [3.05, 3.63) is 35.7 Å². The van der Waals surface area contributed by atoms with Gasteiger partial charge in [-0.25, -0.2) is 4.98 Å². The molecule has 8 nitrogen and oxygen atoms in total. The Morgan fingerprint density at radius 2 is 1.81 bits per heavy atom. The smallest absolute Gasteiger partial charge is 0.227 e. The van der Waals surface area contributed by atoms with Crippen molar-refractivity contribution in [3.8, 4) is 5.75 Å². The highest BCUT2D eigenvalue weighted by Gasteiger charge is 2.27. The van der Waals surface area contributed by atoms with Gasteiger partial charge in [0.1, 0.15) is 5.75 Å². The van der Waals surface area contributed by atoms with E-state index in [0.29, 0.717) is 23.8 Å². The highest BCUT2D eigenvalue weighted by Crippen LogP contribution is 2.28. The van der Waals surface area contributed by atoms with Gasteiger partial charge in [0.25, 0.3) is 0 Å². The summed E-state index contributed by atoms with van der Waals surface area (Å²) < 4.78 is 2.10. The Hall–Kier alpha value is -2.87. The van der Waals surface area contributed by atoms with Gasteiger partial charge >= 0.3 is 0 Å². The zero-order valence-corrected chi connectivity index (χ0v) is 20.0. The second-order valence-electron chi connectivity index (χ2n) is 8.93. The molecule has 0 aliphatic heterocycles. The number of hydrogen-bond donors (Lipinski definition) is 4. The molecule has 0 spiro atoms. The van der Waals surface area contributed by atoms with Crippen molar-refractivity contribution in [1.82, 2.24) is 19.5 Å². The van der Waals surface area contributed by atoms with E-state index in [1.54, 1.807) is 19.9 Å². The average molecular weight is 441 g/mol. The molecule has 2 aromatic heterocycles. The summed E-state index contributed by atoms with van der Waals surface area (Å²) in [7, 11) is 0. The quantitative estimate of drug-likeness (QED) is 0.359. The summed E-state index contributed by atoms with van der Waals surface area (Å²) in [6, 6.07) is 5.60. The third-order valence-corrected chi connectivity index (χ3v) is 6.00. The van der Waals surface area contributed by atoms with E-state index >= 15 is 0 Å². The number of aromatic nitrogens is 4. The van der Waals surface area contributed by atoms with Crippen LogP contribution in [-0.2, 0) is 6.54 Å². The number of imidazole rings is 1. The normalized spacial score (nSPS) is 13.0. The predicted octanol–water partition coefficient (Wildman–Crippen LogP) is 4.77. The molecule has 4 N–H and O–H groups in total. The number of rotatable bonds is 10. The lowest BCUT2D eigenvalue weighted by Gasteiger charge is -2.29. The predicted molar refractivity (Wildman–Crippen MR) is 129 cm³/mol. The third kappa shape index (κ3) is 5.12. The molecule has 3 aromatic rings. The zero-order valence-electron chi connectivity index (χ0n) is 20.0. The molecule has 0 aliphatic carbocycles. The number of phenols is 1. The minimum Gasteiger partial charge on any atom is -0.508 e. The number of phenolic OH excluding ortho intramolecular Hbond substituents is 1. The van der Waals surface area contributed by atoms with Gasteiger partial charge in [-0.2, -0.15) is 9.97 Å². The van der Waals surface area contributed by atoms with Gasteiger partial charge in [-0.1, -0.05) is 38.5 Å². The number of aryl methyl sites for hydroxylation is 1. The SMILES string of the molecule is CCC(CC)n1cnc2c(NCc3cc(C)ccc3O)nc(NC(CC)C(C)(C)O)nc21. The van der Waals surface area contributed by atoms with Crippen LogP contribution in [-0.4, -0.2) is 41.4 Å². The number of nitrogens with zero attached hydrogens (tertiary/aromatic N) is 4. The molecule has 0 saturated carbocycles. The first-order chi connectivity index (χ1) is 15.2. The molecule has 0 amide bonds. The number of anilines is 2. The van der Waals surface area contributed by atoms with Crippen molar-refractivity contribution >= 4 is 22.9 Å². The lowest BCUT2D eigenvalue weighted by Crippen LogP contribution is -2.41. The molecule has 0 saturated heterocycles. The van der Waals surface area contributed by atoms with E-state index < -0.39 is 5.60 Å². The van der Waals surface area contributed by atoms with Crippen molar-refractivity contribution in [1.29, 1.82) is 0 Å². The fraction of sp³-hybridized carbons (Fsp3) is 0.542. The van der Waals surface area contributed by atoms with Crippen molar-refractivity contribution in [2.24, 2.45) is 0 Å². The Labute approximate surface area is 190 Å². The Balaban J connectivity index is 2.03. The molecule has 2 heterocycles. The summed E-state index contributed by atoms with van der Waals surface area (Å²) in [5, 5.41) is 27.4. The summed E-state index contributed by atoms with van der Waals surface area (Å²) in [5.74, 6) is 1.27. The number of fused-ring (bicyclic) bond motifs is 1. The Morgan fingerprint density at radius 1 is 1.09 bits per heavy atom. The number of aromatic hydroxyl groups is 1. The van der Waals surface area contributed by atoms with E-state index in [4.69, 9.17) is 9.97 Å². The van der Waals surface area contributed by atoms with E-state index in [-0.39, 0.29) is 17.8 Å². The van der Waals surface area contributed by atoms with Crippen LogP contribution in [0, 0.1) is 6.92 Å². The molecule has 0 bridgehead atoms. The van der Waals surface area contributed by atoms with Crippen LogP contribution in [0.3, 0.4) is 0 Å². The fourth-order valence-electron chi connectivity index (χ4n) is 4.02. The number of nitrogens with one attached hydrogen (secondary N) is 2. The van der Waals surface area contributed by atoms with Crippen LogP contribution in [0.5, 0.6) is 5.75 Å². The van der Waals surface area contributed by atoms with Crippen molar-refractivity contribution in [2.45, 2.75) is 85.0 Å². The van der Waals surface area contributed by atoms with E-state index in [1.165, 1.54) is 0 Å². The summed E-state index contributed by atoms with van der Waals surface area (Å²) >= 11 is 0. The Bertz CT molecular complexity index is 1050. The van der Waals surface area contributed by atoms with Gasteiger partial charge < -0.3 is 25.4 Å². The van der Waals surface area contributed by atoms with Gasteiger partial charge in [0.15, 0.2) is 17.0 Å². The van der Waals surface area contributed by atoms with Gasteiger partial charge in [-0.3, -0.25) is 0 Å². The molecular weight excluding hydrogens is 404 g/mol. The minimum absolute atomic E-state index is 0.210. The first-order valence-electron chi connectivity index (χ1n) is 11.4. The van der Waals surface area contributed by atoms with Gasteiger partial charge in [0.2, 0.25) is 5.95 Å².